The molecule has 0 radical (unpaired) electrons. The number of amides is 1. The topological polar surface area (TPSA) is 51.0 Å². The predicted molar refractivity (Wildman–Crippen MR) is 104 cm³/mol. The molecule has 2 heterocycles. The van der Waals surface area contributed by atoms with E-state index in [0.717, 1.165) is 24.0 Å². The first-order valence-electron chi connectivity index (χ1n) is 9.26. The van der Waals surface area contributed by atoms with Crippen LogP contribution in [0.4, 0.5) is 5.95 Å². The largest absolute Gasteiger partial charge is 0.274 e. The Balaban J connectivity index is 1.65. The number of anilines is 1. The summed E-state index contributed by atoms with van der Waals surface area (Å²) in [4.78, 5) is 19.5. The molecule has 1 aliphatic heterocycles. The average Bonchev–Trinajstić information content (AvgIpc) is 3.44. The number of aromatic nitrogens is 3. The molecule has 2 atom stereocenters. The summed E-state index contributed by atoms with van der Waals surface area (Å²) in [6, 6.07) is 17.9. The molecule has 136 valence electrons. The van der Waals surface area contributed by atoms with Crippen LogP contribution in [0.3, 0.4) is 0 Å². The number of rotatable bonds is 3. The number of carbonyl (C=O) groups is 1. The van der Waals surface area contributed by atoms with Crippen LogP contribution in [0.15, 0.2) is 60.9 Å². The molecule has 5 rings (SSSR count). The molecule has 1 saturated carbocycles. The minimum absolute atomic E-state index is 0.0651. The van der Waals surface area contributed by atoms with Gasteiger partial charge < -0.3 is 0 Å². The van der Waals surface area contributed by atoms with Crippen molar-refractivity contribution < 1.29 is 4.79 Å². The summed E-state index contributed by atoms with van der Waals surface area (Å²) in [6.45, 7) is 0. The number of hydrogen-bond donors (Lipinski definition) is 0. The third-order valence-electron chi connectivity index (χ3n) is 5.44. The second kappa shape index (κ2) is 6.50. The van der Waals surface area contributed by atoms with E-state index in [2.05, 4.69) is 22.2 Å². The van der Waals surface area contributed by atoms with E-state index >= 15 is 0 Å². The molecule has 27 heavy (non-hydrogen) atoms. The monoisotopic (exact) mass is 378 g/mol. The van der Waals surface area contributed by atoms with Crippen LogP contribution in [0.5, 0.6) is 0 Å². The van der Waals surface area contributed by atoms with Gasteiger partial charge in [0.15, 0.2) is 0 Å². The molecule has 5 nitrogen and oxygen atoms in total. The molecule has 1 amide bonds. The molecule has 0 bridgehead atoms. The van der Waals surface area contributed by atoms with E-state index in [1.807, 2.05) is 52.0 Å². The molecule has 0 spiro atoms. The lowest BCUT2D eigenvalue weighted by molar-refractivity contribution is -0.120. The van der Waals surface area contributed by atoms with Crippen LogP contribution in [0.25, 0.3) is 0 Å². The molecule has 6 heteroatoms. The third-order valence-corrected chi connectivity index (χ3v) is 5.78. The highest BCUT2D eigenvalue weighted by atomic mass is 35.5. The molecule has 1 fully saturated rings. The highest BCUT2D eigenvalue weighted by molar-refractivity contribution is 6.31. The Bertz CT molecular complexity index is 983. The number of hydrogen-bond acceptors (Lipinski definition) is 3. The maximum absolute atomic E-state index is 13.1. The first kappa shape index (κ1) is 16.5. The number of nitrogens with zero attached hydrogens (tertiary/aromatic N) is 4. The van der Waals surface area contributed by atoms with Gasteiger partial charge in [0.2, 0.25) is 11.9 Å². The van der Waals surface area contributed by atoms with Crippen molar-refractivity contribution in [3.8, 4) is 0 Å². The Kier molecular flexibility index (Phi) is 3.97. The summed E-state index contributed by atoms with van der Waals surface area (Å²) in [5, 5.41) is 5.16. The van der Waals surface area contributed by atoms with Gasteiger partial charge in [0.05, 0.1) is 12.1 Å². The van der Waals surface area contributed by atoms with E-state index in [1.165, 1.54) is 6.33 Å². The number of carbonyl (C=O) groups excluding carboxylic acids is 1. The van der Waals surface area contributed by atoms with E-state index < -0.39 is 0 Å². The molecule has 0 saturated heterocycles. The summed E-state index contributed by atoms with van der Waals surface area (Å²) in [6.07, 6.45) is 4.15. The quantitative estimate of drug-likeness (QED) is 0.678. The van der Waals surface area contributed by atoms with E-state index in [4.69, 9.17) is 11.6 Å². The summed E-state index contributed by atoms with van der Waals surface area (Å²) in [7, 11) is 0. The number of benzene rings is 2. The molecule has 2 aliphatic rings. The minimum atomic E-state index is -0.0859. The van der Waals surface area contributed by atoms with E-state index in [0.29, 0.717) is 17.4 Å². The number of halogens is 1. The van der Waals surface area contributed by atoms with Crippen LogP contribution >= 0.6 is 11.6 Å². The maximum Gasteiger partial charge on any atom is 0.233 e. The molecule has 1 aliphatic carbocycles. The fourth-order valence-electron chi connectivity index (χ4n) is 3.94. The van der Waals surface area contributed by atoms with Gasteiger partial charge >= 0.3 is 0 Å². The van der Waals surface area contributed by atoms with Gasteiger partial charge in [-0.25, -0.2) is 4.68 Å². The van der Waals surface area contributed by atoms with Gasteiger partial charge in [0.1, 0.15) is 6.33 Å². The molecule has 1 aromatic heterocycles. The number of fused-ring (bicyclic) bond motifs is 1. The van der Waals surface area contributed by atoms with Crippen molar-refractivity contribution in [3.63, 3.8) is 0 Å². The normalized spacial score (nSPS) is 21.7. The third kappa shape index (κ3) is 2.82. The molecule has 2 aromatic carbocycles. The van der Waals surface area contributed by atoms with Crippen LogP contribution in [0, 0.1) is 5.92 Å². The zero-order valence-electron chi connectivity index (χ0n) is 14.7. The highest BCUT2D eigenvalue weighted by Crippen LogP contribution is 2.45. The molecule has 0 N–H and O–H groups in total. The van der Waals surface area contributed by atoms with Gasteiger partial charge in [-0.15, -0.1) is 0 Å². The average molecular weight is 379 g/mol. The second-order valence-electron chi connectivity index (χ2n) is 7.19. The molecular weight excluding hydrogens is 360 g/mol. The first-order valence-corrected chi connectivity index (χ1v) is 9.64. The van der Waals surface area contributed by atoms with Gasteiger partial charge in [-0.05, 0) is 36.5 Å². The van der Waals surface area contributed by atoms with E-state index in [-0.39, 0.29) is 23.9 Å². The fourth-order valence-corrected chi connectivity index (χ4v) is 4.20. The summed E-state index contributed by atoms with van der Waals surface area (Å²) < 4.78 is 1.85. The molecule has 0 unspecified atom stereocenters. The fraction of sp³-hybridized carbons (Fsp3) is 0.286. The van der Waals surface area contributed by atoms with E-state index in [1.54, 1.807) is 0 Å². The Hall–Kier alpha value is -2.66. The lowest BCUT2D eigenvalue weighted by Gasteiger charge is -2.39. The Morgan fingerprint density at radius 1 is 1.00 bits per heavy atom. The van der Waals surface area contributed by atoms with Crippen molar-refractivity contribution in [1.82, 2.24) is 14.8 Å². The van der Waals surface area contributed by atoms with Gasteiger partial charge in [0.25, 0.3) is 0 Å². The second-order valence-corrected chi connectivity index (χ2v) is 7.59. The Morgan fingerprint density at radius 2 is 1.74 bits per heavy atom. The van der Waals surface area contributed by atoms with Crippen molar-refractivity contribution in [2.45, 2.75) is 31.3 Å². The van der Waals surface area contributed by atoms with Gasteiger partial charge in [-0.3, -0.25) is 9.69 Å². The standard InChI is InChI=1S/C21H19ClN4O/c22-17-9-5-4-8-16(17)19-12-18(14-6-2-1-3-7-14)25(20(27)15-10-11-15)21-23-13-24-26(19)21/h1-9,13,15,18-19H,10-12H2/t18-,19-/m1/s1. The SMILES string of the molecule is O=C(C1CC1)N1c2ncnn2[C@@H](c2ccccc2Cl)C[C@@H]1c1ccccc1. The summed E-state index contributed by atoms with van der Waals surface area (Å²) >= 11 is 6.50. The minimum Gasteiger partial charge on any atom is -0.274 e. The van der Waals surface area contributed by atoms with Crippen LogP contribution in [-0.2, 0) is 4.79 Å². The highest BCUT2D eigenvalue weighted by Gasteiger charge is 2.44. The Morgan fingerprint density at radius 3 is 2.48 bits per heavy atom. The van der Waals surface area contributed by atoms with Gasteiger partial charge in [-0.2, -0.15) is 10.1 Å². The van der Waals surface area contributed by atoms with Crippen molar-refractivity contribution in [1.29, 1.82) is 0 Å². The van der Waals surface area contributed by atoms with Crippen LogP contribution in [0.2, 0.25) is 5.02 Å². The summed E-state index contributed by atoms with van der Waals surface area (Å²) in [5.74, 6) is 0.867. The smallest absolute Gasteiger partial charge is 0.233 e. The first-order chi connectivity index (χ1) is 13.2. The van der Waals surface area contributed by atoms with Crippen LogP contribution in [0.1, 0.15) is 42.5 Å². The lowest BCUT2D eigenvalue weighted by atomic mass is 9.91. The zero-order chi connectivity index (χ0) is 18.4. The molecular formula is C21H19ClN4O. The van der Waals surface area contributed by atoms with Crippen LogP contribution < -0.4 is 4.90 Å². The van der Waals surface area contributed by atoms with Gasteiger partial charge in [0, 0.05) is 10.9 Å². The van der Waals surface area contributed by atoms with Crippen molar-refractivity contribution in [2.75, 3.05) is 4.90 Å². The lowest BCUT2D eigenvalue weighted by Crippen LogP contribution is -2.43. The predicted octanol–water partition coefficient (Wildman–Crippen LogP) is 4.41. The van der Waals surface area contributed by atoms with Crippen molar-refractivity contribution in [3.05, 3.63) is 77.1 Å². The van der Waals surface area contributed by atoms with Crippen molar-refractivity contribution >= 4 is 23.5 Å². The maximum atomic E-state index is 13.1. The van der Waals surface area contributed by atoms with Crippen LogP contribution in [-0.4, -0.2) is 20.7 Å². The molecule has 3 aromatic rings. The van der Waals surface area contributed by atoms with E-state index in [9.17, 15) is 4.79 Å². The van der Waals surface area contributed by atoms with Crippen molar-refractivity contribution in [2.24, 2.45) is 5.92 Å². The zero-order valence-corrected chi connectivity index (χ0v) is 15.5. The van der Waals surface area contributed by atoms with Gasteiger partial charge in [-0.1, -0.05) is 60.1 Å². The summed E-state index contributed by atoms with van der Waals surface area (Å²) in [5.41, 5.74) is 2.11. The Labute approximate surface area is 162 Å².